The first-order valence-corrected chi connectivity index (χ1v) is 12.3. The first-order valence-electron chi connectivity index (χ1n) is 12.3. The third-order valence-corrected chi connectivity index (χ3v) is 6.33. The predicted octanol–water partition coefficient (Wildman–Crippen LogP) is 2.57. The number of nitriles is 1. The Morgan fingerprint density at radius 1 is 1.05 bits per heavy atom. The van der Waals surface area contributed by atoms with E-state index in [1.807, 2.05) is 5.32 Å². The number of likely N-dealkylation sites (N-methyl/N-ethyl adjacent to an activating group) is 1. The molecule has 0 aliphatic carbocycles. The normalized spacial score (nSPS) is 17.3. The summed E-state index contributed by atoms with van der Waals surface area (Å²) in [6, 6.07) is 0.872. The molecular formula is C26H22F6N6O5. The van der Waals surface area contributed by atoms with Crippen LogP contribution in [0.1, 0.15) is 57.2 Å². The number of rotatable bonds is 8. The lowest BCUT2D eigenvalue weighted by atomic mass is 9.94. The lowest BCUT2D eigenvalue weighted by Crippen LogP contribution is -2.48. The zero-order valence-corrected chi connectivity index (χ0v) is 22.2. The zero-order valence-electron chi connectivity index (χ0n) is 22.2. The third-order valence-electron chi connectivity index (χ3n) is 6.33. The van der Waals surface area contributed by atoms with Crippen LogP contribution in [0.3, 0.4) is 0 Å². The van der Waals surface area contributed by atoms with Crippen LogP contribution in [-0.4, -0.2) is 53.5 Å². The van der Waals surface area contributed by atoms with E-state index in [4.69, 9.17) is 0 Å². The fraction of sp³-hybridized carbons (Fsp3) is 0.346. The van der Waals surface area contributed by atoms with Gasteiger partial charge in [0.15, 0.2) is 0 Å². The van der Waals surface area contributed by atoms with Gasteiger partial charge < -0.3 is 21.3 Å². The van der Waals surface area contributed by atoms with Gasteiger partial charge in [0.2, 0.25) is 11.7 Å². The van der Waals surface area contributed by atoms with E-state index in [1.54, 1.807) is 13.0 Å². The molecule has 2 aromatic rings. The molecule has 0 radical (unpaired) electrons. The quantitative estimate of drug-likeness (QED) is 0.262. The monoisotopic (exact) mass is 612 g/mol. The lowest BCUT2D eigenvalue weighted by molar-refractivity contribution is -0.143. The number of alkyl halides is 6. The molecule has 0 bridgehead atoms. The minimum Gasteiger partial charge on any atom is -0.353 e. The highest BCUT2D eigenvalue weighted by Gasteiger charge is 2.38. The summed E-state index contributed by atoms with van der Waals surface area (Å²) in [5.41, 5.74) is -5.47. The number of nitrogens with one attached hydrogen (secondary N) is 4. The lowest BCUT2D eigenvalue weighted by Gasteiger charge is -2.20. The summed E-state index contributed by atoms with van der Waals surface area (Å²) in [6.45, 7) is 1.70. The third kappa shape index (κ3) is 7.84. The average Bonchev–Trinajstić information content (AvgIpc) is 3.26. The average molecular weight is 612 g/mol. The second kappa shape index (κ2) is 12.5. The van der Waals surface area contributed by atoms with Gasteiger partial charge in [-0.1, -0.05) is 0 Å². The molecule has 1 saturated heterocycles. The molecule has 17 heteroatoms. The first-order chi connectivity index (χ1) is 19.9. The van der Waals surface area contributed by atoms with Gasteiger partial charge in [0, 0.05) is 30.8 Å². The van der Waals surface area contributed by atoms with Gasteiger partial charge in [-0.3, -0.25) is 24.0 Å². The summed E-state index contributed by atoms with van der Waals surface area (Å²) < 4.78 is 79.6. The zero-order chi connectivity index (χ0) is 32.3. The Labute approximate surface area is 239 Å². The highest BCUT2D eigenvalue weighted by Crippen LogP contribution is 2.36. The van der Waals surface area contributed by atoms with Crippen LogP contribution in [0.5, 0.6) is 0 Å². The first kappa shape index (κ1) is 32.5. The maximum atomic E-state index is 13.3. The van der Waals surface area contributed by atoms with Crippen molar-refractivity contribution in [1.82, 2.24) is 20.9 Å². The van der Waals surface area contributed by atoms with E-state index >= 15 is 0 Å². The van der Waals surface area contributed by atoms with E-state index < -0.39 is 81.8 Å². The number of pyridine rings is 1. The molecule has 3 atom stereocenters. The van der Waals surface area contributed by atoms with Crippen LogP contribution in [0.4, 0.5) is 32.2 Å². The number of anilines is 1. The predicted molar refractivity (Wildman–Crippen MR) is 134 cm³/mol. The van der Waals surface area contributed by atoms with Gasteiger partial charge in [0.25, 0.3) is 17.7 Å². The minimum absolute atomic E-state index is 0.166. The van der Waals surface area contributed by atoms with E-state index in [2.05, 4.69) is 20.9 Å². The van der Waals surface area contributed by atoms with Crippen molar-refractivity contribution in [2.75, 3.05) is 12.4 Å². The summed E-state index contributed by atoms with van der Waals surface area (Å²) >= 11 is 0. The van der Waals surface area contributed by atoms with Gasteiger partial charge in [0.05, 0.1) is 28.3 Å². The molecule has 1 fully saturated rings. The van der Waals surface area contributed by atoms with E-state index in [0.29, 0.717) is 0 Å². The second-order valence-electron chi connectivity index (χ2n) is 9.53. The summed E-state index contributed by atoms with van der Waals surface area (Å²) in [6.07, 6.45) is -9.67. The van der Waals surface area contributed by atoms with Gasteiger partial charge in [-0.15, -0.1) is 0 Å². The number of Topliss-reactive ketones (excluding diaryl/α,β-unsaturated/α-hetero) is 1. The van der Waals surface area contributed by atoms with E-state index in [9.17, 15) is 55.6 Å². The Morgan fingerprint density at radius 3 is 2.14 bits per heavy atom. The Morgan fingerprint density at radius 2 is 1.65 bits per heavy atom. The van der Waals surface area contributed by atoms with E-state index in [0.717, 1.165) is 19.3 Å². The molecule has 0 saturated carbocycles. The van der Waals surface area contributed by atoms with Crippen molar-refractivity contribution in [1.29, 1.82) is 5.26 Å². The van der Waals surface area contributed by atoms with Crippen molar-refractivity contribution >= 4 is 35.2 Å². The Kier molecular flexibility index (Phi) is 9.42. The Bertz CT molecular complexity index is 1490. The number of amides is 4. The summed E-state index contributed by atoms with van der Waals surface area (Å²) in [7, 11) is 1.15. The molecule has 43 heavy (non-hydrogen) atoms. The molecule has 1 aliphatic rings. The number of nitrogens with zero attached hydrogens (tertiary/aromatic N) is 2. The van der Waals surface area contributed by atoms with Crippen LogP contribution in [0.2, 0.25) is 0 Å². The molecule has 3 rings (SSSR count). The van der Waals surface area contributed by atoms with Crippen molar-refractivity contribution in [3.8, 4) is 6.07 Å². The van der Waals surface area contributed by atoms with Crippen LogP contribution in [-0.2, 0) is 26.7 Å². The number of carbonyl (C=O) groups is 5. The number of carbonyl (C=O) groups excluding carboxylic acids is 5. The smallest absolute Gasteiger partial charge is 0.353 e. The topological polar surface area (TPSA) is 170 Å². The van der Waals surface area contributed by atoms with Gasteiger partial charge in [-0.05, 0) is 44.0 Å². The van der Waals surface area contributed by atoms with E-state index in [-0.39, 0.29) is 42.6 Å². The summed E-state index contributed by atoms with van der Waals surface area (Å²) in [5, 5.41) is 18.2. The second-order valence-corrected chi connectivity index (χ2v) is 9.53. The van der Waals surface area contributed by atoms with Gasteiger partial charge >= 0.3 is 12.4 Å². The standard InChI is InChI=1S/C26H22F6N6O5/c1-11-3-13(21(40)36-11)7-18(19(39)24(43)34-2)37-23(42)17-4-12(9-33)10-35-20(17)38-22(41)14-5-15(25(27,28)29)8-16(6-14)26(30,31)32/h4-6,8,10-11,13,18H,3,7H2,1-2H3,(H,34,43)(H,36,40)(H,37,42)(H,35,38,41)/t11-,13+,18+/m1/s1. The maximum absolute atomic E-state index is 13.3. The number of benzene rings is 1. The molecule has 0 spiro atoms. The van der Waals surface area contributed by atoms with E-state index in [1.165, 1.54) is 0 Å². The molecule has 11 nitrogen and oxygen atoms in total. The van der Waals surface area contributed by atoms with Crippen LogP contribution >= 0.6 is 0 Å². The number of aromatic nitrogens is 1. The van der Waals surface area contributed by atoms with Crippen molar-refractivity contribution in [3.05, 3.63) is 58.3 Å². The number of ketones is 1. The largest absolute Gasteiger partial charge is 0.416 e. The molecule has 1 aliphatic heterocycles. The number of halogens is 6. The Balaban J connectivity index is 1.98. The van der Waals surface area contributed by atoms with Gasteiger partial charge in [0.1, 0.15) is 11.9 Å². The maximum Gasteiger partial charge on any atom is 0.416 e. The fourth-order valence-corrected chi connectivity index (χ4v) is 4.25. The SMILES string of the molecule is CNC(=O)C(=O)[C@H](C[C@@H]1C[C@@H](C)NC1=O)NC(=O)c1cc(C#N)cnc1NC(=O)c1cc(C(F)(F)F)cc(C(F)(F)F)c1. The van der Waals surface area contributed by atoms with Crippen LogP contribution in [0, 0.1) is 17.2 Å². The fourth-order valence-electron chi connectivity index (χ4n) is 4.25. The van der Waals surface area contributed by atoms with Crippen LogP contribution in [0.15, 0.2) is 30.5 Å². The van der Waals surface area contributed by atoms with Crippen LogP contribution in [0.25, 0.3) is 0 Å². The van der Waals surface area contributed by atoms with Crippen LogP contribution < -0.4 is 21.3 Å². The molecule has 4 N–H and O–H groups in total. The molecule has 1 aromatic carbocycles. The molecule has 228 valence electrons. The van der Waals surface area contributed by atoms with Crippen molar-refractivity contribution in [2.24, 2.45) is 5.92 Å². The highest BCUT2D eigenvalue weighted by molar-refractivity contribution is 6.38. The number of hydrogen-bond donors (Lipinski definition) is 4. The molecule has 0 unspecified atom stereocenters. The molecule has 2 heterocycles. The van der Waals surface area contributed by atoms with Crippen molar-refractivity contribution in [2.45, 2.75) is 44.2 Å². The van der Waals surface area contributed by atoms with Gasteiger partial charge in [-0.25, -0.2) is 4.98 Å². The highest BCUT2D eigenvalue weighted by atomic mass is 19.4. The Hall–Kier alpha value is -5.01. The number of hydrogen-bond acceptors (Lipinski definition) is 7. The summed E-state index contributed by atoms with van der Waals surface area (Å²) in [4.78, 5) is 66.9. The van der Waals surface area contributed by atoms with Crippen molar-refractivity contribution < 1.29 is 50.3 Å². The molecule has 4 amide bonds. The minimum atomic E-state index is -5.24. The molecule has 1 aromatic heterocycles. The van der Waals surface area contributed by atoms with Gasteiger partial charge in [-0.2, -0.15) is 31.6 Å². The van der Waals surface area contributed by atoms with Crippen molar-refractivity contribution in [3.63, 3.8) is 0 Å². The molecular weight excluding hydrogens is 590 g/mol. The summed E-state index contributed by atoms with van der Waals surface area (Å²) in [5.74, 6) is -6.87.